The Labute approximate surface area is 127 Å². The van der Waals surface area contributed by atoms with Crippen LogP contribution in [0, 0.1) is 27.3 Å². The lowest BCUT2D eigenvalue weighted by atomic mass is 10.1. The zero-order valence-corrected chi connectivity index (χ0v) is 12.1. The first-order valence-corrected chi connectivity index (χ1v) is 6.88. The number of hydrogen-bond donors (Lipinski definition) is 0. The van der Waals surface area contributed by atoms with Crippen molar-refractivity contribution in [3.8, 4) is 17.6 Å². The van der Waals surface area contributed by atoms with Crippen molar-refractivity contribution in [2.24, 2.45) is 0 Å². The lowest BCUT2D eigenvalue weighted by Gasteiger charge is -2.09. The van der Waals surface area contributed by atoms with Crippen LogP contribution in [-0.4, -0.2) is 4.92 Å². The van der Waals surface area contributed by atoms with Crippen LogP contribution in [0.2, 0.25) is 0 Å². The van der Waals surface area contributed by atoms with Crippen molar-refractivity contribution >= 4 is 21.6 Å². The second-order valence-corrected chi connectivity index (χ2v) is 4.61. The van der Waals surface area contributed by atoms with Crippen molar-refractivity contribution < 1.29 is 14.1 Å². The lowest BCUT2D eigenvalue weighted by Crippen LogP contribution is -1.94. The maximum Gasteiger partial charge on any atom is 0.272 e. The number of nitro groups is 1. The van der Waals surface area contributed by atoms with E-state index in [1.807, 2.05) is 6.07 Å². The number of benzene rings is 2. The van der Waals surface area contributed by atoms with E-state index in [-0.39, 0.29) is 22.7 Å². The highest BCUT2D eigenvalue weighted by Gasteiger charge is 2.14. The molecule has 0 bridgehead atoms. The number of nitriles is 1. The number of halogens is 2. The number of rotatable bonds is 4. The predicted octanol–water partition coefficient (Wildman–Crippen LogP) is 4.29. The Bertz CT molecular complexity index is 743. The summed E-state index contributed by atoms with van der Waals surface area (Å²) in [6, 6.07) is 9.93. The molecule has 0 N–H and O–H groups in total. The van der Waals surface area contributed by atoms with Crippen LogP contribution >= 0.6 is 15.9 Å². The number of non-ortho nitro benzene ring substituents is 1. The summed E-state index contributed by atoms with van der Waals surface area (Å²) >= 11 is 3.27. The summed E-state index contributed by atoms with van der Waals surface area (Å²) in [6.45, 7) is 0. The minimum atomic E-state index is -0.863. The fraction of sp³-hybridized carbons (Fsp3) is 0.0714. The molecule has 2 rings (SSSR count). The van der Waals surface area contributed by atoms with Crippen molar-refractivity contribution in [2.75, 3.05) is 0 Å². The number of alkyl halides is 1. The number of nitro benzene ring substituents is 1. The molecular formula is C14H8BrFN2O3. The minimum Gasteiger partial charge on any atom is -0.453 e. The van der Waals surface area contributed by atoms with Crippen molar-refractivity contribution in [1.82, 2.24) is 0 Å². The van der Waals surface area contributed by atoms with E-state index in [0.717, 1.165) is 23.8 Å². The Morgan fingerprint density at radius 2 is 2.00 bits per heavy atom. The first-order valence-electron chi connectivity index (χ1n) is 5.76. The van der Waals surface area contributed by atoms with E-state index in [4.69, 9.17) is 10.00 Å². The average Bonchev–Trinajstić information content (AvgIpc) is 2.49. The monoisotopic (exact) mass is 350 g/mol. The molecule has 0 saturated heterocycles. The fourth-order valence-electron chi connectivity index (χ4n) is 1.64. The highest BCUT2D eigenvalue weighted by atomic mass is 79.9. The summed E-state index contributed by atoms with van der Waals surface area (Å²) in [4.78, 5) is 9.85. The van der Waals surface area contributed by atoms with E-state index < -0.39 is 10.7 Å². The van der Waals surface area contributed by atoms with Gasteiger partial charge in [-0.05, 0) is 23.8 Å². The molecule has 0 atom stereocenters. The van der Waals surface area contributed by atoms with Gasteiger partial charge in [0.15, 0.2) is 11.6 Å². The third kappa shape index (κ3) is 3.35. The van der Waals surface area contributed by atoms with Crippen LogP contribution in [0.25, 0.3) is 0 Å². The van der Waals surface area contributed by atoms with Crippen LogP contribution in [-0.2, 0) is 5.33 Å². The molecule has 106 valence electrons. The second-order valence-electron chi connectivity index (χ2n) is 4.05. The second kappa shape index (κ2) is 6.33. The summed E-state index contributed by atoms with van der Waals surface area (Å²) in [7, 11) is 0. The lowest BCUT2D eigenvalue weighted by molar-refractivity contribution is -0.385. The molecule has 0 aliphatic rings. The van der Waals surface area contributed by atoms with E-state index in [1.54, 1.807) is 18.2 Å². The van der Waals surface area contributed by atoms with Gasteiger partial charge in [-0.25, -0.2) is 4.39 Å². The molecule has 0 radical (unpaired) electrons. The maximum atomic E-state index is 13.8. The van der Waals surface area contributed by atoms with Crippen LogP contribution < -0.4 is 4.74 Å². The van der Waals surface area contributed by atoms with Gasteiger partial charge >= 0.3 is 0 Å². The van der Waals surface area contributed by atoms with Crippen LogP contribution in [0.4, 0.5) is 10.1 Å². The van der Waals surface area contributed by atoms with E-state index in [2.05, 4.69) is 15.9 Å². The Hall–Kier alpha value is -2.46. The molecule has 5 nitrogen and oxygen atoms in total. The van der Waals surface area contributed by atoms with E-state index in [9.17, 15) is 14.5 Å². The molecule has 0 heterocycles. The number of ether oxygens (including phenoxy) is 1. The van der Waals surface area contributed by atoms with Crippen molar-refractivity contribution in [2.45, 2.75) is 5.33 Å². The highest BCUT2D eigenvalue weighted by Crippen LogP contribution is 2.30. The molecule has 0 saturated carbocycles. The van der Waals surface area contributed by atoms with Gasteiger partial charge in [-0.1, -0.05) is 22.0 Å². The van der Waals surface area contributed by atoms with Crippen molar-refractivity contribution in [3.63, 3.8) is 0 Å². The molecule has 0 fully saturated rings. The number of nitrogens with zero attached hydrogens (tertiary/aromatic N) is 2. The molecule has 0 amide bonds. The van der Waals surface area contributed by atoms with Crippen molar-refractivity contribution in [1.29, 1.82) is 5.26 Å². The Kier molecular flexibility index (Phi) is 4.50. The Balaban J connectivity index is 2.34. The van der Waals surface area contributed by atoms with E-state index in [0.29, 0.717) is 5.33 Å². The van der Waals surface area contributed by atoms with Gasteiger partial charge in [-0.15, -0.1) is 0 Å². The summed E-state index contributed by atoms with van der Waals surface area (Å²) in [5.74, 6) is -0.851. The van der Waals surface area contributed by atoms with Crippen LogP contribution in [0.3, 0.4) is 0 Å². The van der Waals surface area contributed by atoms with Gasteiger partial charge < -0.3 is 4.74 Å². The van der Waals surface area contributed by atoms with Gasteiger partial charge in [0.05, 0.1) is 16.6 Å². The van der Waals surface area contributed by atoms with Crippen LogP contribution in [0.1, 0.15) is 11.1 Å². The highest BCUT2D eigenvalue weighted by molar-refractivity contribution is 9.08. The molecular weight excluding hydrogens is 343 g/mol. The van der Waals surface area contributed by atoms with E-state index >= 15 is 0 Å². The molecule has 0 aliphatic heterocycles. The molecule has 2 aromatic carbocycles. The van der Waals surface area contributed by atoms with Crippen LogP contribution in [0.5, 0.6) is 11.5 Å². The molecule has 21 heavy (non-hydrogen) atoms. The first kappa shape index (κ1) is 14.9. The van der Waals surface area contributed by atoms with Gasteiger partial charge in [0.2, 0.25) is 0 Å². The van der Waals surface area contributed by atoms with Crippen molar-refractivity contribution in [3.05, 3.63) is 63.5 Å². The van der Waals surface area contributed by atoms with Gasteiger partial charge in [-0.2, -0.15) is 5.26 Å². The number of hydrogen-bond acceptors (Lipinski definition) is 4. The smallest absolute Gasteiger partial charge is 0.272 e. The SMILES string of the molecule is N#Cc1cc(CBr)ccc1Oc1ccc([N+](=O)[O-])cc1F. The topological polar surface area (TPSA) is 76.2 Å². The normalized spacial score (nSPS) is 9.95. The molecule has 0 unspecified atom stereocenters. The molecule has 0 spiro atoms. The zero-order chi connectivity index (χ0) is 15.4. The van der Waals surface area contributed by atoms with Gasteiger partial charge in [0, 0.05) is 11.4 Å². The molecule has 0 aromatic heterocycles. The minimum absolute atomic E-state index is 0.177. The third-order valence-corrected chi connectivity index (χ3v) is 3.31. The van der Waals surface area contributed by atoms with Crippen LogP contribution in [0.15, 0.2) is 36.4 Å². The summed E-state index contributed by atoms with van der Waals surface area (Å²) in [6.07, 6.45) is 0. The summed E-state index contributed by atoms with van der Waals surface area (Å²) in [5, 5.41) is 20.2. The van der Waals surface area contributed by atoms with Gasteiger partial charge in [0.25, 0.3) is 5.69 Å². The van der Waals surface area contributed by atoms with Gasteiger partial charge in [-0.3, -0.25) is 10.1 Å². The zero-order valence-electron chi connectivity index (χ0n) is 10.5. The standard InChI is InChI=1S/C14H8BrFN2O3/c15-7-9-1-3-13(10(5-9)8-17)21-14-4-2-11(18(19)20)6-12(14)16/h1-6H,7H2. The average molecular weight is 351 g/mol. The third-order valence-electron chi connectivity index (χ3n) is 2.66. The Morgan fingerprint density at radius 3 is 2.57 bits per heavy atom. The maximum absolute atomic E-state index is 13.8. The summed E-state index contributed by atoms with van der Waals surface area (Å²) in [5.41, 5.74) is 0.766. The largest absolute Gasteiger partial charge is 0.453 e. The quantitative estimate of drug-likeness (QED) is 0.468. The Morgan fingerprint density at radius 1 is 1.29 bits per heavy atom. The summed E-state index contributed by atoms with van der Waals surface area (Å²) < 4.78 is 19.1. The first-order chi connectivity index (χ1) is 10.0. The molecule has 2 aromatic rings. The fourth-order valence-corrected chi connectivity index (χ4v) is 1.99. The van der Waals surface area contributed by atoms with E-state index in [1.165, 1.54) is 0 Å². The molecule has 0 aliphatic carbocycles. The predicted molar refractivity (Wildman–Crippen MR) is 76.9 cm³/mol. The van der Waals surface area contributed by atoms with Gasteiger partial charge in [0.1, 0.15) is 11.8 Å². The molecule has 7 heteroatoms.